The lowest BCUT2D eigenvalue weighted by molar-refractivity contribution is -0.141. The van der Waals surface area contributed by atoms with Crippen LogP contribution in [0.3, 0.4) is 0 Å². The third kappa shape index (κ3) is 10.7. The second kappa shape index (κ2) is 12.0. The Hall–Kier alpha value is -0.650. The lowest BCUT2D eigenvalue weighted by atomic mass is 9.79. The summed E-state index contributed by atoms with van der Waals surface area (Å²) in [6, 6.07) is 3.47. The Bertz CT molecular complexity index is 787. The van der Waals surface area contributed by atoms with Gasteiger partial charge in [0.2, 0.25) is 10.0 Å². The van der Waals surface area contributed by atoms with Crippen LogP contribution in [0.15, 0.2) is 18.2 Å². The van der Waals surface area contributed by atoms with Gasteiger partial charge in [-0.2, -0.15) is 13.2 Å². The summed E-state index contributed by atoms with van der Waals surface area (Å²) in [4.78, 5) is 3.53. The predicted molar refractivity (Wildman–Crippen MR) is 119 cm³/mol. The molecular formula is C19H32Cl2F3N3O3S. The standard InChI is InChI=1S/C19H30F3N3O3S.2ClH/c1-18(2,11-13-7-9-14(10-8-13)25-29(3,27)28)23-12-16(26)15-5-4-6-17(24-15)19(20,21)22;;/h4-6,13-14,16,23,25-26H,7-12H2,1-3H3;2*1H/t13?,14?,16-;;/m1../s1. The molecule has 1 saturated carbocycles. The van der Waals surface area contributed by atoms with Crippen molar-refractivity contribution in [3.8, 4) is 0 Å². The van der Waals surface area contributed by atoms with Crippen LogP contribution in [0, 0.1) is 5.92 Å². The van der Waals surface area contributed by atoms with Crippen molar-refractivity contribution < 1.29 is 26.7 Å². The van der Waals surface area contributed by atoms with Gasteiger partial charge in [0.1, 0.15) is 11.8 Å². The SMILES string of the molecule is CC(C)(CC1CCC(NS(C)(=O)=O)CC1)NC[C@@H](O)c1cccc(C(F)(F)F)n1.Cl.Cl. The number of hydrogen-bond donors (Lipinski definition) is 3. The minimum absolute atomic E-state index is 0. The summed E-state index contributed by atoms with van der Waals surface area (Å²) < 4.78 is 63.7. The van der Waals surface area contributed by atoms with E-state index in [1.165, 1.54) is 12.1 Å². The number of hydrogen-bond acceptors (Lipinski definition) is 5. The molecule has 182 valence electrons. The van der Waals surface area contributed by atoms with Crippen LogP contribution in [-0.4, -0.2) is 42.9 Å². The number of aliphatic hydroxyl groups is 1. The van der Waals surface area contributed by atoms with Crippen molar-refractivity contribution >= 4 is 34.8 Å². The zero-order valence-corrected chi connectivity index (χ0v) is 20.2. The molecule has 31 heavy (non-hydrogen) atoms. The van der Waals surface area contributed by atoms with E-state index < -0.39 is 28.0 Å². The van der Waals surface area contributed by atoms with Crippen molar-refractivity contribution in [2.75, 3.05) is 12.8 Å². The minimum atomic E-state index is -4.55. The van der Waals surface area contributed by atoms with E-state index in [1.807, 2.05) is 13.8 Å². The first kappa shape index (κ1) is 30.4. The van der Waals surface area contributed by atoms with Crippen molar-refractivity contribution in [1.29, 1.82) is 0 Å². The van der Waals surface area contributed by atoms with E-state index in [-0.39, 0.29) is 48.6 Å². The first-order valence-electron chi connectivity index (χ1n) is 9.70. The van der Waals surface area contributed by atoms with Crippen LogP contribution in [-0.2, 0) is 16.2 Å². The van der Waals surface area contributed by atoms with Gasteiger partial charge in [-0.15, -0.1) is 24.8 Å². The lowest BCUT2D eigenvalue weighted by Gasteiger charge is -2.35. The quantitative estimate of drug-likeness (QED) is 0.495. The van der Waals surface area contributed by atoms with Crippen LogP contribution in [0.4, 0.5) is 13.2 Å². The molecule has 2 rings (SSSR count). The highest BCUT2D eigenvalue weighted by Gasteiger charge is 2.33. The van der Waals surface area contributed by atoms with Gasteiger partial charge in [0.25, 0.3) is 0 Å². The van der Waals surface area contributed by atoms with Crippen LogP contribution >= 0.6 is 24.8 Å². The van der Waals surface area contributed by atoms with E-state index in [0.29, 0.717) is 5.92 Å². The van der Waals surface area contributed by atoms with Gasteiger partial charge in [-0.1, -0.05) is 6.07 Å². The Kier molecular flexibility index (Phi) is 11.7. The van der Waals surface area contributed by atoms with Crippen LogP contribution in [0.2, 0.25) is 0 Å². The Morgan fingerprint density at radius 1 is 1.16 bits per heavy atom. The molecule has 1 fully saturated rings. The van der Waals surface area contributed by atoms with Crippen molar-refractivity contribution in [1.82, 2.24) is 15.0 Å². The predicted octanol–water partition coefficient (Wildman–Crippen LogP) is 3.84. The molecule has 0 amide bonds. The maximum Gasteiger partial charge on any atom is 0.433 e. The first-order chi connectivity index (χ1) is 13.3. The molecule has 1 aromatic heterocycles. The molecule has 1 heterocycles. The van der Waals surface area contributed by atoms with Gasteiger partial charge >= 0.3 is 6.18 Å². The molecule has 0 unspecified atom stereocenters. The summed E-state index contributed by atoms with van der Waals surface area (Å²) in [6.45, 7) is 4.06. The summed E-state index contributed by atoms with van der Waals surface area (Å²) in [5.41, 5.74) is -1.37. The summed E-state index contributed by atoms with van der Waals surface area (Å²) in [7, 11) is -3.20. The van der Waals surface area contributed by atoms with Crippen molar-refractivity contribution in [3.05, 3.63) is 29.6 Å². The highest BCUT2D eigenvalue weighted by Crippen LogP contribution is 2.32. The van der Waals surface area contributed by atoms with Gasteiger partial charge in [-0.25, -0.2) is 18.1 Å². The molecule has 0 bridgehead atoms. The fourth-order valence-corrected chi connectivity index (χ4v) is 4.69. The van der Waals surface area contributed by atoms with E-state index in [0.717, 1.165) is 44.4 Å². The number of pyridine rings is 1. The smallest absolute Gasteiger partial charge is 0.385 e. The van der Waals surface area contributed by atoms with Gasteiger partial charge in [0.05, 0.1) is 11.9 Å². The Balaban J connectivity index is 0.00000450. The molecule has 1 aliphatic rings. The van der Waals surface area contributed by atoms with Crippen LogP contribution < -0.4 is 10.0 Å². The molecule has 12 heteroatoms. The monoisotopic (exact) mass is 509 g/mol. The third-order valence-electron chi connectivity index (χ3n) is 5.20. The number of halogens is 5. The van der Waals surface area contributed by atoms with Gasteiger partial charge in [0.15, 0.2) is 0 Å². The average molecular weight is 510 g/mol. The first-order valence-corrected chi connectivity index (χ1v) is 11.6. The third-order valence-corrected chi connectivity index (χ3v) is 5.96. The molecular weight excluding hydrogens is 478 g/mol. The second-order valence-electron chi connectivity index (χ2n) is 8.54. The number of β-amino-alcohol motifs (C(OH)–C–C–N with tert-alkyl or cyclic N) is 1. The molecule has 3 N–H and O–H groups in total. The molecule has 0 spiro atoms. The normalized spacial score (nSPS) is 21.0. The highest BCUT2D eigenvalue weighted by molar-refractivity contribution is 7.88. The van der Waals surface area contributed by atoms with E-state index >= 15 is 0 Å². The molecule has 1 aliphatic carbocycles. The molecule has 6 nitrogen and oxygen atoms in total. The van der Waals surface area contributed by atoms with E-state index in [9.17, 15) is 26.7 Å². The molecule has 0 saturated heterocycles. The number of alkyl halides is 3. The van der Waals surface area contributed by atoms with E-state index in [2.05, 4.69) is 15.0 Å². The Labute approximate surface area is 194 Å². The second-order valence-corrected chi connectivity index (χ2v) is 10.3. The Morgan fingerprint density at radius 3 is 2.26 bits per heavy atom. The molecule has 1 atom stereocenters. The number of nitrogens with zero attached hydrogens (tertiary/aromatic N) is 1. The topological polar surface area (TPSA) is 91.3 Å². The minimum Gasteiger partial charge on any atom is -0.385 e. The maximum absolute atomic E-state index is 12.8. The van der Waals surface area contributed by atoms with Crippen molar-refractivity contribution in [2.45, 2.75) is 69.8 Å². The number of sulfonamides is 1. The fourth-order valence-electron chi connectivity index (χ4n) is 3.85. The van der Waals surface area contributed by atoms with Crippen LogP contribution in [0.5, 0.6) is 0 Å². The van der Waals surface area contributed by atoms with Gasteiger partial charge in [0, 0.05) is 18.1 Å². The zero-order valence-electron chi connectivity index (χ0n) is 17.8. The number of rotatable bonds is 8. The number of nitrogens with one attached hydrogen (secondary N) is 2. The largest absolute Gasteiger partial charge is 0.433 e. The Morgan fingerprint density at radius 2 is 1.74 bits per heavy atom. The lowest BCUT2D eigenvalue weighted by Crippen LogP contribution is -2.44. The fraction of sp³-hybridized carbons (Fsp3) is 0.737. The number of aliphatic hydroxyl groups excluding tert-OH is 1. The summed E-state index contributed by atoms with van der Waals surface area (Å²) in [6.07, 6.45) is -0.349. The molecule has 0 aliphatic heterocycles. The molecule has 0 radical (unpaired) electrons. The van der Waals surface area contributed by atoms with Gasteiger partial charge in [-0.05, 0) is 64.0 Å². The van der Waals surface area contributed by atoms with Crippen LogP contribution in [0.25, 0.3) is 0 Å². The number of aromatic nitrogens is 1. The average Bonchev–Trinajstić information content (AvgIpc) is 2.59. The van der Waals surface area contributed by atoms with E-state index in [1.54, 1.807) is 0 Å². The van der Waals surface area contributed by atoms with Gasteiger partial charge in [-0.3, -0.25) is 0 Å². The molecule has 1 aromatic rings. The van der Waals surface area contributed by atoms with E-state index in [4.69, 9.17) is 0 Å². The summed E-state index contributed by atoms with van der Waals surface area (Å²) >= 11 is 0. The van der Waals surface area contributed by atoms with Crippen LogP contribution in [0.1, 0.15) is 63.4 Å². The van der Waals surface area contributed by atoms with Crippen molar-refractivity contribution in [2.24, 2.45) is 5.92 Å². The summed E-state index contributed by atoms with van der Waals surface area (Å²) in [5, 5.41) is 13.5. The maximum atomic E-state index is 12.8. The van der Waals surface area contributed by atoms with Crippen molar-refractivity contribution in [3.63, 3.8) is 0 Å². The zero-order chi connectivity index (χ0) is 21.9. The summed E-state index contributed by atoms with van der Waals surface area (Å²) in [5.74, 6) is 0.416. The highest BCUT2D eigenvalue weighted by atomic mass is 35.5. The van der Waals surface area contributed by atoms with Gasteiger partial charge < -0.3 is 10.4 Å². The molecule has 0 aromatic carbocycles.